The van der Waals surface area contributed by atoms with Crippen LogP contribution in [0.25, 0.3) is 0 Å². The fraction of sp³-hybridized carbons (Fsp3) is 0.214. The molecule has 0 spiro atoms. The molecule has 1 heterocycles. The van der Waals surface area contributed by atoms with Gasteiger partial charge in [-0.25, -0.2) is 9.18 Å². The van der Waals surface area contributed by atoms with E-state index in [0.717, 1.165) is 6.07 Å². The minimum Gasteiger partial charge on any atom is -0.452 e. The van der Waals surface area contributed by atoms with E-state index >= 15 is 0 Å². The number of nitrogens with one attached hydrogen (secondary N) is 1. The van der Waals surface area contributed by atoms with Crippen molar-refractivity contribution in [1.82, 2.24) is 9.78 Å². The van der Waals surface area contributed by atoms with Crippen molar-refractivity contribution >= 4 is 29.2 Å². The van der Waals surface area contributed by atoms with Gasteiger partial charge < -0.3 is 10.1 Å². The topological polar surface area (TPSA) is 73.2 Å². The molecule has 116 valence electrons. The summed E-state index contributed by atoms with van der Waals surface area (Å²) in [7, 11) is 1.68. The van der Waals surface area contributed by atoms with Crippen molar-refractivity contribution < 1.29 is 18.7 Å². The molecular formula is C14H13ClFN3O3. The van der Waals surface area contributed by atoms with Crippen molar-refractivity contribution in [3.63, 3.8) is 0 Å². The van der Waals surface area contributed by atoms with E-state index in [1.165, 1.54) is 23.0 Å². The molecule has 0 radical (unpaired) electrons. The third-order valence-electron chi connectivity index (χ3n) is 2.99. The number of ether oxygens (including phenoxy) is 1. The van der Waals surface area contributed by atoms with Gasteiger partial charge in [-0.3, -0.25) is 9.48 Å². The second kappa shape index (κ2) is 6.57. The number of esters is 1. The normalized spacial score (nSPS) is 10.4. The molecular weight excluding hydrogens is 313 g/mol. The quantitative estimate of drug-likeness (QED) is 0.876. The van der Waals surface area contributed by atoms with Gasteiger partial charge in [-0.1, -0.05) is 11.6 Å². The largest absolute Gasteiger partial charge is 0.452 e. The summed E-state index contributed by atoms with van der Waals surface area (Å²) in [6.07, 6.45) is 1.35. The molecule has 6 nitrogen and oxygen atoms in total. The molecule has 0 aliphatic heterocycles. The first-order chi connectivity index (χ1) is 10.4. The number of benzene rings is 1. The van der Waals surface area contributed by atoms with Crippen LogP contribution in [-0.2, 0) is 16.6 Å². The molecule has 1 amide bonds. The van der Waals surface area contributed by atoms with Gasteiger partial charge in [0.05, 0.1) is 11.9 Å². The Kier molecular flexibility index (Phi) is 4.77. The highest BCUT2D eigenvalue weighted by Crippen LogP contribution is 2.19. The molecule has 1 aromatic carbocycles. The van der Waals surface area contributed by atoms with Crippen molar-refractivity contribution in [2.45, 2.75) is 6.92 Å². The molecule has 1 N–H and O–H groups in total. The molecule has 0 saturated heterocycles. The number of aromatic nitrogens is 2. The number of hydrogen-bond acceptors (Lipinski definition) is 4. The molecule has 2 rings (SSSR count). The summed E-state index contributed by atoms with van der Waals surface area (Å²) >= 11 is 5.71. The van der Waals surface area contributed by atoms with Crippen molar-refractivity contribution in [2.75, 3.05) is 11.9 Å². The zero-order chi connectivity index (χ0) is 16.3. The second-order valence-electron chi connectivity index (χ2n) is 4.52. The third kappa shape index (κ3) is 3.62. The second-order valence-corrected chi connectivity index (χ2v) is 4.95. The van der Waals surface area contributed by atoms with Gasteiger partial charge in [0.15, 0.2) is 6.61 Å². The van der Waals surface area contributed by atoms with E-state index in [4.69, 9.17) is 16.3 Å². The summed E-state index contributed by atoms with van der Waals surface area (Å²) in [5, 5.41) is 6.46. The first-order valence-corrected chi connectivity index (χ1v) is 6.67. The highest BCUT2D eigenvalue weighted by molar-refractivity contribution is 6.30. The van der Waals surface area contributed by atoms with Crippen molar-refractivity contribution in [1.29, 1.82) is 0 Å². The predicted molar refractivity (Wildman–Crippen MR) is 78.3 cm³/mol. The SMILES string of the molecule is Cc1c(C(=O)OCC(=O)Nc2cc(Cl)ccc2F)cnn1C. The molecule has 0 aliphatic rings. The molecule has 8 heteroatoms. The number of nitrogens with zero attached hydrogens (tertiary/aromatic N) is 2. The van der Waals surface area contributed by atoms with Crippen molar-refractivity contribution in [3.05, 3.63) is 46.5 Å². The van der Waals surface area contributed by atoms with Gasteiger partial charge in [0.2, 0.25) is 0 Å². The number of carbonyl (C=O) groups is 2. The van der Waals surface area contributed by atoms with Crippen LogP contribution >= 0.6 is 11.6 Å². The van der Waals surface area contributed by atoms with Gasteiger partial charge in [0, 0.05) is 17.8 Å². The lowest BCUT2D eigenvalue weighted by molar-refractivity contribution is -0.119. The maximum Gasteiger partial charge on any atom is 0.342 e. The van der Waals surface area contributed by atoms with E-state index in [9.17, 15) is 14.0 Å². The van der Waals surface area contributed by atoms with Crippen LogP contribution in [0.15, 0.2) is 24.4 Å². The molecule has 0 unspecified atom stereocenters. The molecule has 0 fully saturated rings. The first kappa shape index (κ1) is 16.0. The number of carbonyl (C=O) groups excluding carboxylic acids is 2. The van der Waals surface area contributed by atoms with Gasteiger partial charge in [-0.05, 0) is 25.1 Å². The van der Waals surface area contributed by atoms with Gasteiger partial charge in [0.25, 0.3) is 5.91 Å². The fourth-order valence-electron chi connectivity index (χ4n) is 1.69. The van der Waals surface area contributed by atoms with Gasteiger partial charge in [0.1, 0.15) is 11.4 Å². The summed E-state index contributed by atoms with van der Waals surface area (Å²) in [6.45, 7) is 1.16. The smallest absolute Gasteiger partial charge is 0.342 e. The van der Waals surface area contributed by atoms with Crippen LogP contribution in [0.2, 0.25) is 5.02 Å². The van der Waals surface area contributed by atoms with E-state index in [2.05, 4.69) is 10.4 Å². The third-order valence-corrected chi connectivity index (χ3v) is 3.23. The lowest BCUT2D eigenvalue weighted by Crippen LogP contribution is -2.21. The molecule has 0 atom stereocenters. The standard InChI is InChI=1S/C14H13ClFN3O3/c1-8-10(6-17-19(8)2)14(21)22-7-13(20)18-12-5-9(15)3-4-11(12)16/h3-6H,7H2,1-2H3,(H,18,20). The zero-order valence-electron chi connectivity index (χ0n) is 11.9. The van der Waals surface area contributed by atoms with Crippen LogP contribution in [0, 0.1) is 12.7 Å². The number of anilines is 1. The summed E-state index contributed by atoms with van der Waals surface area (Å²) in [6, 6.07) is 3.75. The summed E-state index contributed by atoms with van der Waals surface area (Å²) < 4.78 is 19.8. The Labute approximate surface area is 130 Å². The van der Waals surface area contributed by atoms with Crippen LogP contribution in [-0.4, -0.2) is 28.3 Å². The van der Waals surface area contributed by atoms with Gasteiger partial charge in [-0.2, -0.15) is 5.10 Å². The lowest BCUT2D eigenvalue weighted by atomic mass is 10.3. The summed E-state index contributed by atoms with van der Waals surface area (Å²) in [4.78, 5) is 23.5. The number of halogens is 2. The average Bonchev–Trinajstić information content (AvgIpc) is 2.80. The maximum absolute atomic E-state index is 13.5. The molecule has 0 aliphatic carbocycles. The average molecular weight is 326 g/mol. The zero-order valence-corrected chi connectivity index (χ0v) is 12.6. The van der Waals surface area contributed by atoms with Crippen LogP contribution in [0.5, 0.6) is 0 Å². The highest BCUT2D eigenvalue weighted by atomic mass is 35.5. The minimum atomic E-state index is -0.674. The Balaban J connectivity index is 1.94. The lowest BCUT2D eigenvalue weighted by Gasteiger charge is -2.07. The highest BCUT2D eigenvalue weighted by Gasteiger charge is 2.16. The predicted octanol–water partition coefficient (Wildman–Crippen LogP) is 2.32. The van der Waals surface area contributed by atoms with Gasteiger partial charge in [-0.15, -0.1) is 0 Å². The first-order valence-electron chi connectivity index (χ1n) is 6.29. The fourth-order valence-corrected chi connectivity index (χ4v) is 1.86. The Hall–Kier alpha value is -2.41. The summed E-state index contributed by atoms with van der Waals surface area (Å²) in [5.74, 6) is -1.98. The van der Waals surface area contributed by atoms with Crippen LogP contribution in [0.3, 0.4) is 0 Å². The number of rotatable bonds is 4. The van der Waals surface area contributed by atoms with Gasteiger partial charge >= 0.3 is 5.97 Å². The van der Waals surface area contributed by atoms with E-state index in [1.54, 1.807) is 14.0 Å². The van der Waals surface area contributed by atoms with E-state index in [1.807, 2.05) is 0 Å². The molecule has 22 heavy (non-hydrogen) atoms. The Morgan fingerprint density at radius 2 is 2.18 bits per heavy atom. The number of amides is 1. The Morgan fingerprint density at radius 3 is 2.82 bits per heavy atom. The molecule has 0 bridgehead atoms. The minimum absolute atomic E-state index is 0.0777. The van der Waals surface area contributed by atoms with Crippen molar-refractivity contribution in [3.8, 4) is 0 Å². The summed E-state index contributed by atoms with van der Waals surface area (Å²) in [5.41, 5.74) is 0.807. The maximum atomic E-state index is 13.5. The van der Waals surface area contributed by atoms with Crippen LogP contribution in [0.4, 0.5) is 10.1 Å². The van der Waals surface area contributed by atoms with Crippen molar-refractivity contribution in [2.24, 2.45) is 7.05 Å². The van der Waals surface area contributed by atoms with E-state index in [-0.39, 0.29) is 16.3 Å². The van der Waals surface area contributed by atoms with Crippen LogP contribution < -0.4 is 5.32 Å². The molecule has 0 saturated carbocycles. The monoisotopic (exact) mass is 325 g/mol. The molecule has 2 aromatic rings. The Bertz CT molecular complexity index is 730. The number of aryl methyl sites for hydroxylation is 1. The molecule has 1 aromatic heterocycles. The Morgan fingerprint density at radius 1 is 1.45 bits per heavy atom. The number of hydrogen-bond donors (Lipinski definition) is 1. The van der Waals surface area contributed by atoms with Crippen LogP contribution in [0.1, 0.15) is 16.1 Å². The van der Waals surface area contributed by atoms with E-state index in [0.29, 0.717) is 5.69 Å². The van der Waals surface area contributed by atoms with E-state index < -0.39 is 24.3 Å².